The smallest absolute Gasteiger partial charge is 0.406 e. The van der Waals surface area contributed by atoms with Crippen LogP contribution in [0.4, 0.5) is 30.4 Å². The Morgan fingerprint density at radius 2 is 1.86 bits per heavy atom. The van der Waals surface area contributed by atoms with Gasteiger partial charge in [-0.05, 0) is 73.4 Å². The van der Waals surface area contributed by atoms with Crippen molar-refractivity contribution >= 4 is 22.8 Å². The molecule has 0 radical (unpaired) electrons. The first-order valence-corrected chi connectivity index (χ1v) is 12.5. The van der Waals surface area contributed by atoms with Crippen LogP contribution in [0.25, 0.3) is 5.57 Å². The summed E-state index contributed by atoms with van der Waals surface area (Å²) in [5.41, 5.74) is 4.03. The van der Waals surface area contributed by atoms with Crippen molar-refractivity contribution in [3.05, 3.63) is 48.2 Å². The van der Waals surface area contributed by atoms with E-state index in [2.05, 4.69) is 46.8 Å². The highest BCUT2D eigenvalue weighted by molar-refractivity contribution is 5.87. The van der Waals surface area contributed by atoms with Crippen LogP contribution in [0.2, 0.25) is 0 Å². The van der Waals surface area contributed by atoms with E-state index < -0.39 is 6.36 Å². The largest absolute Gasteiger partial charge is 0.573 e. The third kappa shape index (κ3) is 7.13. The molecule has 1 aromatic carbocycles. The molecule has 2 N–H and O–H groups in total. The van der Waals surface area contributed by atoms with Crippen LogP contribution in [-0.2, 0) is 0 Å². The van der Waals surface area contributed by atoms with Crippen molar-refractivity contribution in [3.63, 3.8) is 0 Å². The van der Waals surface area contributed by atoms with Gasteiger partial charge in [-0.3, -0.25) is 0 Å². The minimum atomic E-state index is -4.72. The quantitative estimate of drug-likeness (QED) is 0.330. The number of anilines is 3. The molecule has 1 saturated heterocycles. The Balaban J connectivity index is 1.99. The maximum Gasteiger partial charge on any atom is 0.573 e. The highest BCUT2D eigenvalue weighted by atomic mass is 19.4. The number of aromatic nitrogens is 1. The van der Waals surface area contributed by atoms with Crippen LogP contribution in [0.1, 0.15) is 58.4 Å². The average molecular weight is 492 g/mol. The Morgan fingerprint density at radius 1 is 1.17 bits per heavy atom. The monoisotopic (exact) mass is 491 g/mol. The van der Waals surface area contributed by atoms with Crippen molar-refractivity contribution in [2.45, 2.75) is 59.2 Å². The molecule has 1 aliphatic heterocycles. The number of hydrogen-bond acceptors (Lipinski definition) is 5. The third-order valence-corrected chi connectivity index (χ3v) is 6.48. The SMILES string of the molecule is CCC/C=C(\c1c(N2CC(CCO)C2)ccnc1Nc1ccc(OC(F)(F)F)cc1)C(CC)CC. The lowest BCUT2D eigenvalue weighted by atomic mass is 9.85. The number of halogens is 3. The fourth-order valence-corrected chi connectivity index (χ4v) is 4.60. The maximum atomic E-state index is 12.5. The summed E-state index contributed by atoms with van der Waals surface area (Å²) >= 11 is 0. The summed E-state index contributed by atoms with van der Waals surface area (Å²) < 4.78 is 41.6. The van der Waals surface area contributed by atoms with Crippen molar-refractivity contribution in [3.8, 4) is 5.75 Å². The van der Waals surface area contributed by atoms with Crippen molar-refractivity contribution < 1.29 is 23.0 Å². The molecule has 0 unspecified atom stereocenters. The molecule has 1 fully saturated rings. The highest BCUT2D eigenvalue weighted by Gasteiger charge is 2.32. The van der Waals surface area contributed by atoms with Gasteiger partial charge in [0.25, 0.3) is 0 Å². The van der Waals surface area contributed by atoms with Gasteiger partial charge < -0.3 is 20.1 Å². The van der Waals surface area contributed by atoms with Gasteiger partial charge in [0.1, 0.15) is 11.6 Å². The second kappa shape index (κ2) is 12.3. The molecular formula is C27H36F3N3O2. The highest BCUT2D eigenvalue weighted by Crippen LogP contribution is 2.42. The minimum Gasteiger partial charge on any atom is -0.406 e. The Labute approximate surface area is 206 Å². The number of aliphatic hydroxyl groups is 1. The lowest BCUT2D eigenvalue weighted by Crippen LogP contribution is -2.47. The zero-order valence-corrected chi connectivity index (χ0v) is 20.7. The summed E-state index contributed by atoms with van der Waals surface area (Å²) in [5.74, 6) is 1.25. The average Bonchev–Trinajstić information content (AvgIpc) is 2.79. The maximum absolute atomic E-state index is 12.5. The van der Waals surface area contributed by atoms with Gasteiger partial charge in [0.15, 0.2) is 0 Å². The van der Waals surface area contributed by atoms with Crippen molar-refractivity contribution in [2.75, 3.05) is 29.9 Å². The third-order valence-electron chi connectivity index (χ3n) is 6.48. The standard InChI is InChI=1S/C27H36F3N3O2/c1-4-7-8-23(20(5-2)6-3)25-24(33-17-19(18-33)14-16-34)13-15-31-26(25)32-21-9-11-22(12-10-21)35-27(28,29)30/h8-13,15,19-20,34H,4-7,14,16-18H2,1-3H3,(H,31,32)/b23-8-. The summed E-state index contributed by atoms with van der Waals surface area (Å²) in [6.07, 6.45) is 4.13. The molecule has 1 aromatic heterocycles. The first kappa shape index (κ1) is 26.9. The van der Waals surface area contributed by atoms with E-state index in [1.807, 2.05) is 6.07 Å². The Morgan fingerprint density at radius 3 is 2.43 bits per heavy atom. The molecule has 192 valence electrons. The molecular weight excluding hydrogens is 455 g/mol. The molecule has 0 bridgehead atoms. The van der Waals surface area contributed by atoms with Crippen molar-refractivity contribution in [1.82, 2.24) is 4.98 Å². The first-order valence-electron chi connectivity index (χ1n) is 12.5. The lowest BCUT2D eigenvalue weighted by molar-refractivity contribution is -0.274. The number of allylic oxidation sites excluding steroid dienone is 2. The normalized spacial score (nSPS) is 14.9. The Bertz CT molecular complexity index is 967. The molecule has 1 aliphatic rings. The number of unbranched alkanes of at least 4 members (excludes halogenated alkanes) is 1. The lowest BCUT2D eigenvalue weighted by Gasteiger charge is -2.42. The van der Waals surface area contributed by atoms with Crippen LogP contribution in [0.15, 0.2) is 42.6 Å². The van der Waals surface area contributed by atoms with Gasteiger partial charge in [-0.25, -0.2) is 4.98 Å². The van der Waals surface area contributed by atoms with E-state index in [9.17, 15) is 18.3 Å². The topological polar surface area (TPSA) is 57.6 Å². The first-order chi connectivity index (χ1) is 16.8. The molecule has 8 heteroatoms. The summed E-state index contributed by atoms with van der Waals surface area (Å²) in [5, 5.41) is 12.7. The zero-order valence-electron chi connectivity index (χ0n) is 20.7. The second-order valence-corrected chi connectivity index (χ2v) is 9.00. The Hall–Kier alpha value is -2.74. The minimum absolute atomic E-state index is 0.192. The molecule has 0 atom stereocenters. The van der Waals surface area contributed by atoms with Gasteiger partial charge in [0.2, 0.25) is 0 Å². The molecule has 0 amide bonds. The van der Waals surface area contributed by atoms with Gasteiger partial charge in [-0.1, -0.05) is 33.3 Å². The molecule has 2 heterocycles. The predicted octanol–water partition coefficient (Wildman–Crippen LogP) is 7.16. The van der Waals surface area contributed by atoms with Gasteiger partial charge in [-0.15, -0.1) is 13.2 Å². The molecule has 35 heavy (non-hydrogen) atoms. The summed E-state index contributed by atoms with van der Waals surface area (Å²) in [6, 6.07) is 7.75. The molecule has 3 rings (SSSR count). The van der Waals surface area contributed by atoms with Gasteiger partial charge >= 0.3 is 6.36 Å². The number of alkyl halides is 3. The number of benzene rings is 1. The van der Waals surface area contributed by atoms with E-state index in [4.69, 9.17) is 0 Å². The van der Waals surface area contributed by atoms with Gasteiger partial charge in [0.05, 0.1) is 0 Å². The number of aliphatic hydroxyl groups excluding tert-OH is 1. The molecule has 0 spiro atoms. The molecule has 5 nitrogen and oxygen atoms in total. The van der Waals surface area contributed by atoms with E-state index in [1.54, 1.807) is 18.3 Å². The van der Waals surface area contributed by atoms with Gasteiger partial charge in [-0.2, -0.15) is 0 Å². The van der Waals surface area contributed by atoms with E-state index in [0.717, 1.165) is 56.4 Å². The summed E-state index contributed by atoms with van der Waals surface area (Å²) in [7, 11) is 0. The summed E-state index contributed by atoms with van der Waals surface area (Å²) in [6.45, 7) is 8.49. The van der Waals surface area contributed by atoms with E-state index in [-0.39, 0.29) is 12.4 Å². The van der Waals surface area contributed by atoms with Crippen LogP contribution >= 0.6 is 0 Å². The van der Waals surface area contributed by atoms with E-state index >= 15 is 0 Å². The van der Waals surface area contributed by atoms with Crippen LogP contribution in [0.5, 0.6) is 5.75 Å². The molecule has 0 saturated carbocycles. The van der Waals surface area contributed by atoms with Crippen molar-refractivity contribution in [2.24, 2.45) is 11.8 Å². The van der Waals surface area contributed by atoms with E-state index in [1.165, 1.54) is 17.7 Å². The second-order valence-electron chi connectivity index (χ2n) is 9.00. The van der Waals surface area contributed by atoms with Crippen LogP contribution in [0.3, 0.4) is 0 Å². The fraction of sp³-hybridized carbons (Fsp3) is 0.519. The number of pyridine rings is 1. The van der Waals surface area contributed by atoms with Crippen LogP contribution < -0.4 is 15.0 Å². The molecule has 2 aromatic rings. The zero-order chi connectivity index (χ0) is 25.4. The number of hydrogen-bond donors (Lipinski definition) is 2. The number of rotatable bonds is 12. The van der Waals surface area contributed by atoms with E-state index in [0.29, 0.717) is 23.3 Å². The Kier molecular flexibility index (Phi) is 9.43. The predicted molar refractivity (Wildman–Crippen MR) is 135 cm³/mol. The number of nitrogens with zero attached hydrogens (tertiary/aromatic N) is 2. The van der Waals surface area contributed by atoms with Crippen LogP contribution in [-0.4, -0.2) is 36.1 Å². The van der Waals surface area contributed by atoms with Crippen LogP contribution in [0, 0.1) is 11.8 Å². The summed E-state index contributed by atoms with van der Waals surface area (Å²) in [4.78, 5) is 6.99. The number of nitrogens with one attached hydrogen (secondary N) is 1. The fourth-order valence-electron chi connectivity index (χ4n) is 4.60. The number of ether oxygens (including phenoxy) is 1. The van der Waals surface area contributed by atoms with Crippen molar-refractivity contribution in [1.29, 1.82) is 0 Å². The van der Waals surface area contributed by atoms with Gasteiger partial charge in [0, 0.05) is 42.8 Å². The molecule has 0 aliphatic carbocycles.